The molecule has 0 saturated heterocycles. The fourth-order valence-electron chi connectivity index (χ4n) is 8.93. The predicted molar refractivity (Wildman–Crippen MR) is 321 cm³/mol. The van der Waals surface area contributed by atoms with E-state index >= 15 is 0 Å². The molecule has 0 aromatic heterocycles. The van der Waals surface area contributed by atoms with Crippen molar-refractivity contribution in [3.05, 3.63) is 107 Å². The maximum atomic E-state index is 13.3. The molecule has 0 aliphatic heterocycles. The van der Waals surface area contributed by atoms with Crippen LogP contribution in [0.15, 0.2) is 107 Å². The number of esters is 2. The highest BCUT2D eigenvalue weighted by Gasteiger charge is 2.33. The highest BCUT2D eigenvalue weighted by Crippen LogP contribution is 2.30. The molecule has 0 unspecified atom stereocenters. The number of aliphatic hydroxyl groups excluding tert-OH is 1. The lowest BCUT2D eigenvalue weighted by atomic mass is 9.81. The topological polar surface area (TPSA) is 124 Å². The van der Waals surface area contributed by atoms with Gasteiger partial charge in [-0.1, -0.05) is 265 Å². The molecule has 76 heavy (non-hydrogen) atoms. The van der Waals surface area contributed by atoms with Crippen molar-refractivity contribution in [2.75, 3.05) is 0 Å². The quantitative estimate of drug-likeness (QED) is 0.0277. The van der Waals surface area contributed by atoms with E-state index in [2.05, 4.69) is 13.8 Å². The molecule has 0 aromatic carbocycles. The Balaban J connectivity index is 5.04. The molecule has 1 N–H and O–H groups in total. The first-order chi connectivity index (χ1) is 36.1. The molecule has 3 atom stereocenters. The highest BCUT2D eigenvalue weighted by atomic mass is 16.5. The third-order valence-electron chi connectivity index (χ3n) is 13.8. The van der Waals surface area contributed by atoms with Gasteiger partial charge in [0.25, 0.3) is 0 Å². The summed E-state index contributed by atoms with van der Waals surface area (Å²) in [6.07, 6.45) is 53.0. The number of carbonyl (C=O) groups excluding carboxylic acids is 5. The molecule has 0 aliphatic carbocycles. The monoisotopic (exact) mass is 1050 g/mol. The summed E-state index contributed by atoms with van der Waals surface area (Å²) in [6.45, 7) is 23.0. The number of rotatable bonds is 46. The van der Waals surface area contributed by atoms with Crippen LogP contribution in [0.4, 0.5) is 0 Å². The van der Waals surface area contributed by atoms with Gasteiger partial charge in [0.05, 0.1) is 6.10 Å². The van der Waals surface area contributed by atoms with Crippen LogP contribution in [0, 0.1) is 10.8 Å². The number of hydrogen-bond donors (Lipinski definition) is 1. The molecule has 430 valence electrons. The Bertz CT molecular complexity index is 1920. The summed E-state index contributed by atoms with van der Waals surface area (Å²) in [5, 5.41) is 10.2. The number of ether oxygens (including phenoxy) is 2. The molecule has 0 aliphatic rings. The van der Waals surface area contributed by atoms with Gasteiger partial charge in [-0.15, -0.1) is 0 Å². The SMILES string of the molecule is CCCCCCCCCCCCCC(=O)O[C@H](CC(C)=O)CC(C)(C)C(=O)/C=C/C(C)=C/C=C/C(C)=C/C=C/C=C(C)/C=C/C=C(C)/C=C/C(=O)C(C)(C)C[C@@H](C[C@H](C)O)OC(=O)CCCCCCCCCCCCC. The van der Waals surface area contributed by atoms with Crippen LogP contribution in [0.5, 0.6) is 0 Å². The largest absolute Gasteiger partial charge is 0.462 e. The van der Waals surface area contributed by atoms with Crippen LogP contribution in [0.3, 0.4) is 0 Å². The summed E-state index contributed by atoms with van der Waals surface area (Å²) in [5.74, 6) is -0.771. The zero-order valence-corrected chi connectivity index (χ0v) is 50.4. The van der Waals surface area contributed by atoms with E-state index in [0.29, 0.717) is 25.7 Å². The zero-order valence-electron chi connectivity index (χ0n) is 50.4. The molecular weight excluding hydrogens is 945 g/mol. The van der Waals surface area contributed by atoms with Crippen LogP contribution in [-0.4, -0.2) is 52.7 Å². The van der Waals surface area contributed by atoms with E-state index in [9.17, 15) is 29.1 Å². The number of unbranched alkanes of at least 4 members (excludes halogenated alkanes) is 20. The van der Waals surface area contributed by atoms with Crippen molar-refractivity contribution in [1.29, 1.82) is 0 Å². The van der Waals surface area contributed by atoms with Gasteiger partial charge < -0.3 is 14.6 Å². The molecule has 0 radical (unpaired) electrons. The minimum absolute atomic E-state index is 0.0608. The van der Waals surface area contributed by atoms with Crippen LogP contribution in [0.2, 0.25) is 0 Å². The van der Waals surface area contributed by atoms with E-state index in [-0.39, 0.29) is 42.1 Å². The van der Waals surface area contributed by atoms with Crippen LogP contribution >= 0.6 is 0 Å². The third-order valence-corrected chi connectivity index (χ3v) is 13.8. The van der Waals surface area contributed by atoms with Crippen molar-refractivity contribution in [3.8, 4) is 0 Å². The van der Waals surface area contributed by atoms with E-state index in [1.165, 1.54) is 110 Å². The Labute approximate surface area is 465 Å². The number of Topliss-reactive ketones (excluding diaryl/α,β-unsaturated/α-hetero) is 1. The van der Waals surface area contributed by atoms with Gasteiger partial charge in [-0.3, -0.25) is 24.0 Å². The molecule has 0 amide bonds. The first-order valence-corrected chi connectivity index (χ1v) is 29.8. The lowest BCUT2D eigenvalue weighted by Gasteiger charge is -2.28. The van der Waals surface area contributed by atoms with Crippen molar-refractivity contribution in [2.24, 2.45) is 10.8 Å². The van der Waals surface area contributed by atoms with Gasteiger partial charge in [0.1, 0.15) is 18.0 Å². The predicted octanol–water partition coefficient (Wildman–Crippen LogP) is 18.5. The molecule has 8 heteroatoms. The molecule has 0 spiro atoms. The average molecular weight is 1060 g/mol. The molecule has 8 nitrogen and oxygen atoms in total. The maximum absolute atomic E-state index is 13.3. The van der Waals surface area contributed by atoms with Gasteiger partial charge in [0.2, 0.25) is 0 Å². The molecule has 0 saturated carbocycles. The summed E-state index contributed by atoms with van der Waals surface area (Å²) in [5.41, 5.74) is 2.34. The molecular formula is C68H110O8. The van der Waals surface area contributed by atoms with Crippen LogP contribution in [0.25, 0.3) is 0 Å². The van der Waals surface area contributed by atoms with Crippen LogP contribution in [0.1, 0.15) is 263 Å². The van der Waals surface area contributed by atoms with Crippen molar-refractivity contribution in [2.45, 2.75) is 281 Å². The van der Waals surface area contributed by atoms with Gasteiger partial charge in [-0.05, 0) is 79.4 Å². The van der Waals surface area contributed by atoms with E-state index in [4.69, 9.17) is 9.47 Å². The fourth-order valence-corrected chi connectivity index (χ4v) is 8.93. The molecule has 0 aromatic rings. The number of allylic oxidation sites excluding steroid dienone is 18. The van der Waals surface area contributed by atoms with Gasteiger partial charge in [0.15, 0.2) is 11.6 Å². The molecule has 0 rings (SSSR count). The highest BCUT2D eigenvalue weighted by molar-refractivity contribution is 5.95. The van der Waals surface area contributed by atoms with Crippen molar-refractivity contribution in [3.63, 3.8) is 0 Å². The Kier molecular flexibility index (Phi) is 41.9. The standard InChI is InChI=1S/C68H110O8/c1-13-15-17-19-21-23-25-27-29-31-33-45-65(73)75-61(51-59(7)69)53-67(9,10)63(71)49-47-57(5)43-37-41-55(3)39-35-36-40-56(4)42-38-44-58(6)48-50-64(72)68(11,12)54-62(52-60(8)70)76-66(74)46-34-32-30-28-26-24-22-20-18-16-14-2/h35-44,47-50,59,61-62,69H,13-34,45-46,51-54H2,1-12H3/b36-35+,41-37+,42-38+,49-47+,50-48+,55-39+,56-40+,57-43+,58-44+/t59-,61+,62+/m0/s1. The number of aliphatic hydroxyl groups is 1. The Morgan fingerprint density at radius 3 is 1.07 bits per heavy atom. The maximum Gasteiger partial charge on any atom is 0.306 e. The summed E-state index contributed by atoms with van der Waals surface area (Å²) in [4.78, 5) is 64.2. The summed E-state index contributed by atoms with van der Waals surface area (Å²) < 4.78 is 11.6. The Morgan fingerprint density at radius 2 is 0.724 bits per heavy atom. The third kappa shape index (κ3) is 41.7. The smallest absolute Gasteiger partial charge is 0.306 e. The Hall–Kier alpha value is -4.43. The second kappa shape index (κ2) is 44.5. The Morgan fingerprint density at radius 1 is 0.421 bits per heavy atom. The average Bonchev–Trinajstić information content (AvgIpc) is 3.33. The van der Waals surface area contributed by atoms with Gasteiger partial charge in [0, 0.05) is 36.5 Å². The van der Waals surface area contributed by atoms with Crippen molar-refractivity contribution >= 4 is 29.3 Å². The lowest BCUT2D eigenvalue weighted by Crippen LogP contribution is -2.32. The number of hydrogen-bond acceptors (Lipinski definition) is 8. The van der Waals surface area contributed by atoms with E-state index in [1.54, 1.807) is 31.2 Å². The van der Waals surface area contributed by atoms with Crippen LogP contribution < -0.4 is 0 Å². The molecule has 0 fully saturated rings. The fraction of sp³-hybridized carbons (Fsp3) is 0.662. The minimum atomic E-state index is -0.816. The normalized spacial score (nSPS) is 14.7. The number of ketones is 3. The lowest BCUT2D eigenvalue weighted by molar-refractivity contribution is -0.154. The summed E-state index contributed by atoms with van der Waals surface area (Å²) >= 11 is 0. The van der Waals surface area contributed by atoms with Crippen LogP contribution in [-0.2, 0) is 33.4 Å². The van der Waals surface area contributed by atoms with Crippen molar-refractivity contribution in [1.82, 2.24) is 0 Å². The first kappa shape index (κ1) is 71.6. The minimum Gasteiger partial charge on any atom is -0.462 e. The second-order valence-electron chi connectivity index (χ2n) is 23.1. The number of carbonyl (C=O) groups is 5. The van der Waals surface area contributed by atoms with Gasteiger partial charge in [-0.25, -0.2) is 0 Å². The van der Waals surface area contributed by atoms with E-state index < -0.39 is 29.1 Å². The van der Waals surface area contributed by atoms with Crippen molar-refractivity contribution < 1.29 is 38.6 Å². The zero-order chi connectivity index (χ0) is 57.0. The first-order valence-electron chi connectivity index (χ1n) is 29.8. The summed E-state index contributed by atoms with van der Waals surface area (Å²) in [6, 6.07) is 0. The van der Waals surface area contributed by atoms with Gasteiger partial charge >= 0.3 is 11.9 Å². The molecule has 0 heterocycles. The van der Waals surface area contributed by atoms with E-state index in [0.717, 1.165) is 60.8 Å². The van der Waals surface area contributed by atoms with Gasteiger partial charge in [-0.2, -0.15) is 0 Å². The molecule has 0 bridgehead atoms. The van der Waals surface area contributed by atoms with E-state index in [1.807, 2.05) is 116 Å². The summed E-state index contributed by atoms with van der Waals surface area (Å²) in [7, 11) is 0. The second-order valence-corrected chi connectivity index (χ2v) is 23.1.